The van der Waals surface area contributed by atoms with Crippen molar-refractivity contribution >= 4 is 0 Å². The van der Waals surface area contributed by atoms with Crippen LogP contribution in [-0.2, 0) is 7.05 Å². The molecule has 0 saturated heterocycles. The first-order valence-electron chi connectivity index (χ1n) is 6.55. The smallest absolute Gasteiger partial charge is 0.0946 e. The zero-order chi connectivity index (χ0) is 12.4. The van der Waals surface area contributed by atoms with Crippen molar-refractivity contribution in [3.8, 4) is 0 Å². The van der Waals surface area contributed by atoms with E-state index in [0.717, 1.165) is 11.8 Å². The summed E-state index contributed by atoms with van der Waals surface area (Å²) >= 11 is 0. The topological polar surface area (TPSA) is 55.9 Å². The van der Waals surface area contributed by atoms with Crippen LogP contribution in [0.4, 0.5) is 0 Å². The van der Waals surface area contributed by atoms with E-state index in [1.54, 1.807) is 0 Å². The fourth-order valence-corrected chi connectivity index (χ4v) is 3.02. The molecule has 4 heteroatoms. The molecule has 3 N–H and O–H groups in total. The summed E-state index contributed by atoms with van der Waals surface area (Å²) in [4.78, 5) is 4.19. The number of nitrogens with one attached hydrogen (secondary N) is 1. The van der Waals surface area contributed by atoms with Gasteiger partial charge in [0, 0.05) is 13.2 Å². The fraction of sp³-hybridized carbons (Fsp3) is 0.769. The lowest BCUT2D eigenvalue weighted by Gasteiger charge is -2.36. The number of imidazole rings is 1. The monoisotopic (exact) mass is 236 g/mol. The Hall–Kier alpha value is -0.870. The molecule has 0 bridgehead atoms. The van der Waals surface area contributed by atoms with Gasteiger partial charge in [-0.15, -0.1) is 0 Å². The van der Waals surface area contributed by atoms with E-state index in [4.69, 9.17) is 5.84 Å². The van der Waals surface area contributed by atoms with E-state index < -0.39 is 0 Å². The highest BCUT2D eigenvalue weighted by Crippen LogP contribution is 2.39. The Morgan fingerprint density at radius 1 is 1.41 bits per heavy atom. The number of aromatic nitrogens is 2. The number of nitrogens with zero attached hydrogens (tertiary/aromatic N) is 2. The van der Waals surface area contributed by atoms with Crippen LogP contribution in [0.1, 0.15) is 44.8 Å². The summed E-state index contributed by atoms with van der Waals surface area (Å²) in [6.45, 7) is 4.71. The van der Waals surface area contributed by atoms with Crippen LogP contribution in [0.3, 0.4) is 0 Å². The van der Waals surface area contributed by atoms with Crippen LogP contribution in [-0.4, -0.2) is 9.55 Å². The number of hydrogen-bond acceptors (Lipinski definition) is 3. The molecule has 4 nitrogen and oxygen atoms in total. The molecule has 1 aliphatic rings. The maximum atomic E-state index is 5.75. The summed E-state index contributed by atoms with van der Waals surface area (Å²) in [7, 11) is 2.03. The van der Waals surface area contributed by atoms with E-state index in [2.05, 4.69) is 28.8 Å². The first-order chi connectivity index (χ1) is 8.13. The third-order valence-corrected chi connectivity index (χ3v) is 4.46. The van der Waals surface area contributed by atoms with Crippen LogP contribution in [0.15, 0.2) is 12.5 Å². The number of hydrazine groups is 1. The maximum absolute atomic E-state index is 5.75. The Kier molecular flexibility index (Phi) is 3.84. The Morgan fingerprint density at radius 2 is 2.18 bits per heavy atom. The maximum Gasteiger partial charge on any atom is 0.0946 e. The van der Waals surface area contributed by atoms with Gasteiger partial charge in [0.15, 0.2) is 0 Å². The molecule has 1 saturated carbocycles. The highest BCUT2D eigenvalue weighted by molar-refractivity contribution is 5.07. The molecule has 17 heavy (non-hydrogen) atoms. The third-order valence-electron chi connectivity index (χ3n) is 4.46. The minimum Gasteiger partial charge on any atom is -0.336 e. The lowest BCUT2D eigenvalue weighted by atomic mass is 9.73. The average molecular weight is 236 g/mol. The minimum absolute atomic E-state index is 0.234. The first-order valence-corrected chi connectivity index (χ1v) is 6.55. The average Bonchev–Trinajstić information content (AvgIpc) is 2.71. The molecule has 0 aliphatic heterocycles. The molecule has 2 rings (SSSR count). The van der Waals surface area contributed by atoms with Gasteiger partial charge >= 0.3 is 0 Å². The zero-order valence-corrected chi connectivity index (χ0v) is 11.1. The van der Waals surface area contributed by atoms with E-state index in [1.807, 2.05) is 19.6 Å². The van der Waals surface area contributed by atoms with Crippen molar-refractivity contribution in [1.82, 2.24) is 15.0 Å². The Bertz CT molecular complexity index is 360. The second-order valence-electron chi connectivity index (χ2n) is 5.60. The van der Waals surface area contributed by atoms with Crippen molar-refractivity contribution in [1.29, 1.82) is 0 Å². The van der Waals surface area contributed by atoms with Gasteiger partial charge in [-0.25, -0.2) is 4.98 Å². The van der Waals surface area contributed by atoms with Gasteiger partial charge in [-0.2, -0.15) is 0 Å². The minimum atomic E-state index is 0.234. The lowest BCUT2D eigenvalue weighted by molar-refractivity contribution is 0.168. The standard InChI is InChI=1S/C13H24N4/c1-9-4-5-11(6-10(9)2)13(16-14)12-7-15-8-17(12)3/h7-11,13,16H,4-6,14H2,1-3H3. The van der Waals surface area contributed by atoms with Crippen molar-refractivity contribution in [3.05, 3.63) is 18.2 Å². The number of rotatable bonds is 3. The van der Waals surface area contributed by atoms with Gasteiger partial charge in [-0.1, -0.05) is 20.3 Å². The molecule has 1 aliphatic carbocycles. The quantitative estimate of drug-likeness (QED) is 0.623. The molecular formula is C13H24N4. The highest BCUT2D eigenvalue weighted by atomic mass is 15.3. The predicted octanol–water partition coefficient (Wildman–Crippen LogP) is 2.00. The molecule has 0 radical (unpaired) electrons. The molecule has 0 aromatic carbocycles. The van der Waals surface area contributed by atoms with Crippen LogP contribution >= 0.6 is 0 Å². The van der Waals surface area contributed by atoms with Crippen molar-refractivity contribution in [2.24, 2.45) is 30.6 Å². The van der Waals surface area contributed by atoms with Crippen LogP contribution in [0.2, 0.25) is 0 Å². The number of aryl methyl sites for hydroxylation is 1. The van der Waals surface area contributed by atoms with E-state index in [-0.39, 0.29) is 6.04 Å². The lowest BCUT2D eigenvalue weighted by Crippen LogP contribution is -2.37. The summed E-state index contributed by atoms with van der Waals surface area (Å²) in [6.07, 6.45) is 7.58. The van der Waals surface area contributed by atoms with Gasteiger partial charge in [-0.3, -0.25) is 11.3 Å². The third kappa shape index (κ3) is 2.53. The summed E-state index contributed by atoms with van der Waals surface area (Å²) in [5.74, 6) is 8.01. The van der Waals surface area contributed by atoms with E-state index in [1.165, 1.54) is 25.0 Å². The predicted molar refractivity (Wildman–Crippen MR) is 68.9 cm³/mol. The van der Waals surface area contributed by atoms with Crippen molar-refractivity contribution in [2.45, 2.75) is 39.2 Å². The Morgan fingerprint density at radius 3 is 2.71 bits per heavy atom. The first kappa shape index (κ1) is 12.6. The van der Waals surface area contributed by atoms with Crippen LogP contribution in [0.25, 0.3) is 0 Å². The Labute approximate surface area is 104 Å². The SMILES string of the molecule is CC1CCC(C(NN)c2cncn2C)CC1C. The van der Waals surface area contributed by atoms with Gasteiger partial charge in [-0.05, 0) is 30.6 Å². The molecule has 4 unspecified atom stereocenters. The number of nitrogens with two attached hydrogens (primary N) is 1. The van der Waals surface area contributed by atoms with Gasteiger partial charge in [0.25, 0.3) is 0 Å². The summed E-state index contributed by atoms with van der Waals surface area (Å²) < 4.78 is 2.06. The summed E-state index contributed by atoms with van der Waals surface area (Å²) in [5.41, 5.74) is 4.18. The molecule has 1 aromatic heterocycles. The molecule has 1 fully saturated rings. The van der Waals surface area contributed by atoms with Gasteiger partial charge in [0.05, 0.1) is 18.1 Å². The van der Waals surface area contributed by atoms with Gasteiger partial charge < -0.3 is 4.57 Å². The second kappa shape index (κ2) is 5.19. The highest BCUT2D eigenvalue weighted by Gasteiger charge is 2.31. The molecular weight excluding hydrogens is 212 g/mol. The van der Waals surface area contributed by atoms with Crippen LogP contribution in [0.5, 0.6) is 0 Å². The van der Waals surface area contributed by atoms with Crippen LogP contribution < -0.4 is 11.3 Å². The molecule has 1 heterocycles. The second-order valence-corrected chi connectivity index (χ2v) is 5.60. The van der Waals surface area contributed by atoms with Gasteiger partial charge in [0.1, 0.15) is 0 Å². The molecule has 96 valence electrons. The Balaban J connectivity index is 2.12. The number of hydrogen-bond donors (Lipinski definition) is 2. The molecule has 0 amide bonds. The van der Waals surface area contributed by atoms with E-state index in [0.29, 0.717) is 5.92 Å². The van der Waals surface area contributed by atoms with Gasteiger partial charge in [0.2, 0.25) is 0 Å². The largest absolute Gasteiger partial charge is 0.336 e. The van der Waals surface area contributed by atoms with Crippen molar-refractivity contribution in [3.63, 3.8) is 0 Å². The molecule has 1 aromatic rings. The van der Waals surface area contributed by atoms with Crippen LogP contribution in [0, 0.1) is 17.8 Å². The fourth-order valence-electron chi connectivity index (χ4n) is 3.02. The van der Waals surface area contributed by atoms with E-state index in [9.17, 15) is 0 Å². The molecule has 4 atom stereocenters. The van der Waals surface area contributed by atoms with E-state index >= 15 is 0 Å². The van der Waals surface area contributed by atoms with Crippen molar-refractivity contribution < 1.29 is 0 Å². The van der Waals surface area contributed by atoms with Crippen molar-refractivity contribution in [2.75, 3.05) is 0 Å². The summed E-state index contributed by atoms with van der Waals surface area (Å²) in [5, 5.41) is 0. The zero-order valence-electron chi connectivity index (χ0n) is 11.1. The molecule has 0 spiro atoms. The normalized spacial score (nSPS) is 31.4. The summed E-state index contributed by atoms with van der Waals surface area (Å²) in [6, 6.07) is 0.234.